The molecule has 8 nitrogen and oxygen atoms in total. The summed E-state index contributed by atoms with van der Waals surface area (Å²) in [7, 11) is 0. The molecule has 29 heavy (non-hydrogen) atoms. The standard InChI is InChI=1S/C18H15F3N2O6/c1-11(29-16(24)10-28-13-5-3-2-4-6-13)17(25)22-15-8-7-12(23(26)27)9-14(15)18(19,20)21/h2-9,11H,10H2,1H3,(H,22,25)/t11-/m1/s1. The summed E-state index contributed by atoms with van der Waals surface area (Å²) in [5.74, 6) is -1.56. The molecule has 11 heteroatoms. The van der Waals surface area contributed by atoms with Gasteiger partial charge in [-0.1, -0.05) is 18.2 Å². The van der Waals surface area contributed by atoms with Crippen LogP contribution in [-0.4, -0.2) is 29.5 Å². The van der Waals surface area contributed by atoms with Crippen LogP contribution in [0.15, 0.2) is 48.5 Å². The molecule has 0 aromatic heterocycles. The van der Waals surface area contributed by atoms with E-state index in [1.54, 1.807) is 30.3 Å². The van der Waals surface area contributed by atoms with Crippen molar-refractivity contribution in [3.05, 3.63) is 64.2 Å². The highest BCUT2D eigenvalue weighted by Gasteiger charge is 2.36. The third kappa shape index (κ3) is 6.19. The van der Waals surface area contributed by atoms with E-state index >= 15 is 0 Å². The van der Waals surface area contributed by atoms with E-state index in [1.165, 1.54) is 0 Å². The first-order valence-electron chi connectivity index (χ1n) is 8.11. The Kier molecular flexibility index (Phi) is 6.75. The maximum absolute atomic E-state index is 13.1. The Labute approximate surface area is 162 Å². The highest BCUT2D eigenvalue weighted by Crippen LogP contribution is 2.37. The smallest absolute Gasteiger partial charge is 0.418 e. The number of anilines is 1. The lowest BCUT2D eigenvalue weighted by Crippen LogP contribution is -2.32. The number of halogens is 3. The highest BCUT2D eigenvalue weighted by molar-refractivity contribution is 5.96. The number of benzene rings is 2. The molecule has 2 aromatic rings. The minimum absolute atomic E-state index is 0.306. The Bertz CT molecular complexity index is 902. The van der Waals surface area contributed by atoms with Crippen molar-refractivity contribution in [1.82, 2.24) is 0 Å². The van der Waals surface area contributed by atoms with Crippen LogP contribution in [0.2, 0.25) is 0 Å². The molecule has 1 amide bonds. The summed E-state index contributed by atoms with van der Waals surface area (Å²) in [4.78, 5) is 33.5. The third-order valence-electron chi connectivity index (χ3n) is 3.55. The van der Waals surface area contributed by atoms with Crippen LogP contribution in [0.3, 0.4) is 0 Å². The van der Waals surface area contributed by atoms with Crippen molar-refractivity contribution in [3.8, 4) is 5.75 Å². The van der Waals surface area contributed by atoms with Gasteiger partial charge in [-0.05, 0) is 25.1 Å². The molecule has 1 N–H and O–H groups in total. The number of hydrogen-bond acceptors (Lipinski definition) is 6. The summed E-state index contributed by atoms with van der Waals surface area (Å²) in [6, 6.07) is 10.2. The molecule has 0 aliphatic carbocycles. The van der Waals surface area contributed by atoms with Crippen LogP contribution in [0.5, 0.6) is 5.75 Å². The number of alkyl halides is 3. The van der Waals surface area contributed by atoms with Crippen molar-refractivity contribution in [1.29, 1.82) is 0 Å². The van der Waals surface area contributed by atoms with Crippen LogP contribution in [-0.2, 0) is 20.5 Å². The van der Waals surface area contributed by atoms with Gasteiger partial charge in [0.2, 0.25) is 0 Å². The maximum Gasteiger partial charge on any atom is 0.418 e. The van der Waals surface area contributed by atoms with Crippen molar-refractivity contribution >= 4 is 23.3 Å². The van der Waals surface area contributed by atoms with Crippen LogP contribution in [0, 0.1) is 10.1 Å². The fraction of sp³-hybridized carbons (Fsp3) is 0.222. The molecule has 154 valence electrons. The average Bonchev–Trinajstić information content (AvgIpc) is 2.66. The summed E-state index contributed by atoms with van der Waals surface area (Å²) >= 11 is 0. The van der Waals surface area contributed by atoms with Gasteiger partial charge in [0.25, 0.3) is 11.6 Å². The molecule has 0 spiro atoms. The lowest BCUT2D eigenvalue weighted by Gasteiger charge is -2.17. The maximum atomic E-state index is 13.1. The number of carbonyl (C=O) groups is 2. The number of non-ortho nitro benzene ring substituents is 1. The van der Waals surface area contributed by atoms with Crippen LogP contribution in [0.1, 0.15) is 12.5 Å². The molecule has 0 saturated carbocycles. The number of hydrogen-bond donors (Lipinski definition) is 1. The van der Waals surface area contributed by atoms with E-state index in [-0.39, 0.29) is 0 Å². The normalized spacial score (nSPS) is 12.0. The highest BCUT2D eigenvalue weighted by atomic mass is 19.4. The lowest BCUT2D eigenvalue weighted by molar-refractivity contribution is -0.385. The first-order chi connectivity index (χ1) is 13.6. The third-order valence-corrected chi connectivity index (χ3v) is 3.55. The number of para-hydroxylation sites is 1. The first kappa shape index (κ1) is 21.7. The van der Waals surface area contributed by atoms with Gasteiger partial charge < -0.3 is 14.8 Å². The molecule has 1 atom stereocenters. The van der Waals surface area contributed by atoms with E-state index in [1.807, 2.05) is 5.32 Å². The lowest BCUT2D eigenvalue weighted by atomic mass is 10.1. The zero-order chi connectivity index (χ0) is 21.6. The van der Waals surface area contributed by atoms with Gasteiger partial charge in [0.15, 0.2) is 12.7 Å². The molecule has 0 saturated heterocycles. The van der Waals surface area contributed by atoms with E-state index in [4.69, 9.17) is 9.47 Å². The second kappa shape index (κ2) is 9.04. The van der Waals surface area contributed by atoms with Gasteiger partial charge >= 0.3 is 12.1 Å². The number of esters is 1. The number of rotatable bonds is 7. The number of nitrogens with zero attached hydrogens (tertiary/aromatic N) is 1. The largest absolute Gasteiger partial charge is 0.482 e. The molecular formula is C18H15F3N2O6. The summed E-state index contributed by atoms with van der Waals surface area (Å²) in [5.41, 5.74) is -2.88. The Morgan fingerprint density at radius 3 is 2.41 bits per heavy atom. The number of carbonyl (C=O) groups excluding carboxylic acids is 2. The van der Waals surface area contributed by atoms with Crippen molar-refractivity contribution in [2.75, 3.05) is 11.9 Å². The Morgan fingerprint density at radius 1 is 1.17 bits per heavy atom. The molecule has 2 aromatic carbocycles. The molecule has 0 bridgehead atoms. The van der Waals surface area contributed by atoms with E-state index in [0.29, 0.717) is 11.8 Å². The van der Waals surface area contributed by atoms with Crippen LogP contribution in [0.4, 0.5) is 24.5 Å². The molecule has 0 unspecified atom stereocenters. The molecular weight excluding hydrogens is 397 g/mol. The number of ether oxygens (including phenoxy) is 2. The Balaban J connectivity index is 2.01. The van der Waals surface area contributed by atoms with Crippen molar-refractivity contribution < 1.29 is 37.2 Å². The van der Waals surface area contributed by atoms with E-state index < -0.39 is 52.6 Å². The minimum Gasteiger partial charge on any atom is -0.482 e. The van der Waals surface area contributed by atoms with Gasteiger partial charge in [0.05, 0.1) is 16.2 Å². The fourth-order valence-electron chi connectivity index (χ4n) is 2.17. The molecule has 0 aliphatic rings. The van der Waals surface area contributed by atoms with E-state index in [0.717, 1.165) is 19.1 Å². The van der Waals surface area contributed by atoms with Crippen LogP contribution >= 0.6 is 0 Å². The number of amides is 1. The van der Waals surface area contributed by atoms with Crippen LogP contribution in [0.25, 0.3) is 0 Å². The monoisotopic (exact) mass is 412 g/mol. The first-order valence-corrected chi connectivity index (χ1v) is 8.11. The fourth-order valence-corrected chi connectivity index (χ4v) is 2.17. The van der Waals surface area contributed by atoms with Gasteiger partial charge in [-0.3, -0.25) is 14.9 Å². The molecule has 0 aliphatic heterocycles. The molecule has 0 heterocycles. The number of nitrogens with one attached hydrogen (secondary N) is 1. The predicted octanol–water partition coefficient (Wildman–Crippen LogP) is 3.56. The van der Waals surface area contributed by atoms with E-state index in [2.05, 4.69) is 0 Å². The summed E-state index contributed by atoms with van der Waals surface area (Å²) in [6.07, 6.45) is -6.38. The van der Waals surface area contributed by atoms with Gasteiger partial charge in [0.1, 0.15) is 5.75 Å². The topological polar surface area (TPSA) is 108 Å². The van der Waals surface area contributed by atoms with Gasteiger partial charge in [0, 0.05) is 12.1 Å². The minimum atomic E-state index is -4.95. The van der Waals surface area contributed by atoms with E-state index in [9.17, 15) is 32.9 Å². The summed E-state index contributed by atoms with van der Waals surface area (Å²) in [6.45, 7) is 0.654. The predicted molar refractivity (Wildman–Crippen MR) is 94.2 cm³/mol. The summed E-state index contributed by atoms with van der Waals surface area (Å²) < 4.78 is 49.4. The second-order valence-electron chi connectivity index (χ2n) is 5.71. The van der Waals surface area contributed by atoms with Gasteiger partial charge in [-0.25, -0.2) is 4.79 Å². The summed E-state index contributed by atoms with van der Waals surface area (Å²) in [5, 5.41) is 12.7. The Hall–Kier alpha value is -3.63. The second-order valence-corrected chi connectivity index (χ2v) is 5.71. The average molecular weight is 412 g/mol. The Morgan fingerprint density at radius 2 is 1.83 bits per heavy atom. The SMILES string of the molecule is C[C@@H](OC(=O)COc1ccccc1)C(=O)Nc1ccc([N+](=O)[O-])cc1C(F)(F)F. The van der Waals surface area contributed by atoms with Gasteiger partial charge in [-0.15, -0.1) is 0 Å². The molecule has 0 radical (unpaired) electrons. The number of nitro groups is 1. The molecule has 2 rings (SSSR count). The van der Waals surface area contributed by atoms with Crippen LogP contribution < -0.4 is 10.1 Å². The quantitative estimate of drug-likeness (QED) is 0.423. The van der Waals surface area contributed by atoms with Crippen molar-refractivity contribution in [3.63, 3.8) is 0 Å². The van der Waals surface area contributed by atoms with Crippen molar-refractivity contribution in [2.45, 2.75) is 19.2 Å². The zero-order valence-corrected chi connectivity index (χ0v) is 14.9. The van der Waals surface area contributed by atoms with Gasteiger partial charge in [-0.2, -0.15) is 13.2 Å². The molecule has 0 fully saturated rings. The number of nitro benzene ring substituents is 1. The van der Waals surface area contributed by atoms with Crippen molar-refractivity contribution in [2.24, 2.45) is 0 Å². The zero-order valence-electron chi connectivity index (χ0n) is 14.9.